The van der Waals surface area contributed by atoms with Gasteiger partial charge in [-0.2, -0.15) is 0 Å². The molecule has 3 saturated carbocycles. The Morgan fingerprint density at radius 2 is 1.76 bits per heavy atom. The predicted octanol–water partition coefficient (Wildman–Crippen LogP) is 6.54. The number of Topliss-reactive ketones (excluding diaryl/α,β-unsaturated/α-hetero) is 1. The molecule has 4 aliphatic carbocycles. The van der Waals surface area contributed by atoms with Crippen LogP contribution in [-0.2, 0) is 14.3 Å². The van der Waals surface area contributed by atoms with E-state index in [0.717, 1.165) is 58.0 Å². The smallest absolute Gasteiger partial charge is 0.171 e. The van der Waals surface area contributed by atoms with Crippen molar-refractivity contribution in [1.29, 1.82) is 0 Å². The summed E-state index contributed by atoms with van der Waals surface area (Å²) < 4.78 is 12.2. The predicted molar refractivity (Wildman–Crippen MR) is 160 cm³/mol. The molecule has 5 heteroatoms. The Balaban J connectivity index is 1.33. The first-order valence-corrected chi connectivity index (χ1v) is 16.3. The lowest BCUT2D eigenvalue weighted by molar-refractivity contribution is -0.208. The van der Waals surface area contributed by atoms with Crippen LogP contribution in [0.25, 0.3) is 0 Å². The number of nitrogens with zero attached hydrogens (tertiary/aromatic N) is 1. The molecule has 2 saturated heterocycles. The number of piperidine rings is 1. The van der Waals surface area contributed by atoms with Gasteiger partial charge in [0.2, 0.25) is 0 Å². The standard InChI is InChI=1S/C36H47NO4/c1-4-15-34(25(2)38)16-13-30-28-12-17-35(39)24-36(40-21-22-41-36)18-14-31(35)32(28)29(23-33(30,34)3)26-8-10-27(11-9-26)37-19-6-5-7-20-37/h8-11,28-30,39H,5-7,12-14,16-24H2,1-3H3/t28-,29+,30-,33-,34+,35+/m0/s1. The van der Waals surface area contributed by atoms with Gasteiger partial charge in [0.05, 0.1) is 24.2 Å². The van der Waals surface area contributed by atoms with Gasteiger partial charge in [-0.25, -0.2) is 0 Å². The molecular formula is C36H47NO4. The van der Waals surface area contributed by atoms with Crippen molar-refractivity contribution >= 4 is 11.5 Å². The van der Waals surface area contributed by atoms with Crippen LogP contribution < -0.4 is 4.90 Å². The number of rotatable bonds is 3. The Morgan fingerprint density at radius 3 is 2.44 bits per heavy atom. The number of aliphatic hydroxyl groups is 1. The Hall–Kier alpha value is -2.13. The molecule has 41 heavy (non-hydrogen) atoms. The highest BCUT2D eigenvalue weighted by Crippen LogP contribution is 2.70. The second-order valence-electron chi connectivity index (χ2n) is 14.2. The first kappa shape index (κ1) is 27.7. The van der Waals surface area contributed by atoms with E-state index in [1.807, 2.05) is 6.92 Å². The molecule has 1 spiro atoms. The zero-order valence-electron chi connectivity index (χ0n) is 25.3. The fraction of sp³-hybridized carbons (Fsp3) is 0.694. The van der Waals surface area contributed by atoms with E-state index in [1.165, 1.54) is 41.7 Å². The highest BCUT2D eigenvalue weighted by atomic mass is 16.7. The van der Waals surface area contributed by atoms with Crippen LogP contribution in [0.15, 0.2) is 35.4 Å². The molecule has 0 unspecified atom stereocenters. The fourth-order valence-electron chi connectivity index (χ4n) is 10.5. The zero-order chi connectivity index (χ0) is 28.5. The van der Waals surface area contributed by atoms with Crippen LogP contribution in [0.3, 0.4) is 0 Å². The average molecular weight is 558 g/mol. The van der Waals surface area contributed by atoms with Crippen molar-refractivity contribution in [3.8, 4) is 11.8 Å². The van der Waals surface area contributed by atoms with Crippen molar-refractivity contribution in [1.82, 2.24) is 0 Å². The summed E-state index contributed by atoms with van der Waals surface area (Å²) in [5.74, 6) is 7.24. The lowest BCUT2D eigenvalue weighted by Crippen LogP contribution is -2.55. The minimum atomic E-state index is -0.881. The minimum Gasteiger partial charge on any atom is -0.385 e. The SMILES string of the molecule is CC#C[C@]1(C(C)=O)CC[C@H]2[C@@H]3CC[C@@]4(O)CC5(CCC4=C3[C@@H](c3ccc(N4CCCCC4)cc3)C[C@@]21C)OCCO5. The number of carbonyl (C=O) groups is 1. The number of ketones is 1. The van der Waals surface area contributed by atoms with Crippen LogP contribution in [0.5, 0.6) is 0 Å². The Labute approximate surface area is 246 Å². The van der Waals surface area contributed by atoms with E-state index >= 15 is 0 Å². The number of hydrogen-bond acceptors (Lipinski definition) is 5. The van der Waals surface area contributed by atoms with Gasteiger partial charge in [-0.1, -0.05) is 30.6 Å². The van der Waals surface area contributed by atoms with Gasteiger partial charge in [0.15, 0.2) is 5.79 Å². The number of fused-ring (bicyclic) bond motifs is 4. The molecule has 2 heterocycles. The summed E-state index contributed by atoms with van der Waals surface area (Å²) in [6, 6.07) is 9.33. The van der Waals surface area contributed by atoms with E-state index in [-0.39, 0.29) is 17.1 Å². The number of benzene rings is 1. The fourth-order valence-corrected chi connectivity index (χ4v) is 10.5. The van der Waals surface area contributed by atoms with Gasteiger partial charge >= 0.3 is 0 Å². The second kappa shape index (κ2) is 9.97. The summed E-state index contributed by atoms with van der Waals surface area (Å²) in [6.45, 7) is 9.54. The summed E-state index contributed by atoms with van der Waals surface area (Å²) in [4.78, 5) is 16.0. The molecule has 1 aromatic carbocycles. The first-order valence-electron chi connectivity index (χ1n) is 16.3. The van der Waals surface area contributed by atoms with E-state index in [9.17, 15) is 9.90 Å². The molecule has 6 aliphatic rings. The van der Waals surface area contributed by atoms with Gasteiger partial charge in [-0.3, -0.25) is 4.79 Å². The maximum Gasteiger partial charge on any atom is 0.171 e. The van der Waals surface area contributed by atoms with Crippen molar-refractivity contribution < 1.29 is 19.4 Å². The Kier molecular flexibility index (Phi) is 6.73. The largest absolute Gasteiger partial charge is 0.385 e. The molecule has 0 amide bonds. The molecule has 0 bridgehead atoms. The lowest BCUT2D eigenvalue weighted by Gasteiger charge is -2.57. The highest BCUT2D eigenvalue weighted by molar-refractivity contribution is 5.87. The van der Waals surface area contributed by atoms with E-state index in [2.05, 4.69) is 47.9 Å². The van der Waals surface area contributed by atoms with Crippen molar-refractivity contribution in [3.05, 3.63) is 41.0 Å². The Morgan fingerprint density at radius 1 is 1.02 bits per heavy atom. The summed E-state index contributed by atoms with van der Waals surface area (Å²) in [5, 5.41) is 12.3. The molecule has 2 aliphatic heterocycles. The first-order chi connectivity index (χ1) is 19.7. The molecule has 5 fully saturated rings. The van der Waals surface area contributed by atoms with Crippen LogP contribution in [0, 0.1) is 34.5 Å². The van der Waals surface area contributed by atoms with E-state index in [0.29, 0.717) is 31.5 Å². The molecule has 5 nitrogen and oxygen atoms in total. The van der Waals surface area contributed by atoms with Gasteiger partial charge < -0.3 is 19.5 Å². The summed E-state index contributed by atoms with van der Waals surface area (Å²) in [5.41, 5.74) is 3.70. The lowest BCUT2D eigenvalue weighted by atomic mass is 9.47. The molecule has 0 radical (unpaired) electrons. The number of hydrogen-bond donors (Lipinski definition) is 1. The van der Waals surface area contributed by atoms with E-state index in [4.69, 9.17) is 9.47 Å². The zero-order valence-corrected chi connectivity index (χ0v) is 25.3. The van der Waals surface area contributed by atoms with E-state index < -0.39 is 16.8 Å². The molecule has 7 rings (SSSR count). The molecular weight excluding hydrogens is 510 g/mol. The summed E-state index contributed by atoms with van der Waals surface area (Å²) >= 11 is 0. The van der Waals surface area contributed by atoms with Crippen molar-refractivity contribution in [2.24, 2.45) is 22.7 Å². The van der Waals surface area contributed by atoms with Crippen LogP contribution in [-0.4, -0.2) is 48.6 Å². The third-order valence-corrected chi connectivity index (χ3v) is 12.4. The second-order valence-corrected chi connectivity index (χ2v) is 14.2. The third-order valence-electron chi connectivity index (χ3n) is 12.4. The van der Waals surface area contributed by atoms with Crippen LogP contribution in [0.2, 0.25) is 0 Å². The quantitative estimate of drug-likeness (QED) is 0.338. The van der Waals surface area contributed by atoms with E-state index in [1.54, 1.807) is 6.92 Å². The maximum absolute atomic E-state index is 13.5. The summed E-state index contributed by atoms with van der Waals surface area (Å²) in [7, 11) is 0. The topological polar surface area (TPSA) is 59.0 Å². The van der Waals surface area contributed by atoms with Gasteiger partial charge in [0.25, 0.3) is 0 Å². The minimum absolute atomic E-state index is 0.174. The normalized spacial score (nSPS) is 39.5. The Bertz CT molecular complexity index is 1290. The van der Waals surface area contributed by atoms with Gasteiger partial charge in [0.1, 0.15) is 5.78 Å². The van der Waals surface area contributed by atoms with Gasteiger partial charge in [-0.05, 0) is 112 Å². The summed E-state index contributed by atoms with van der Waals surface area (Å²) in [6.07, 6.45) is 10.5. The van der Waals surface area contributed by atoms with Crippen molar-refractivity contribution in [2.75, 3.05) is 31.2 Å². The highest BCUT2D eigenvalue weighted by Gasteiger charge is 2.66. The number of allylic oxidation sites excluding steroid dienone is 1. The number of carbonyl (C=O) groups excluding carboxylic acids is 1. The third kappa shape index (κ3) is 4.11. The van der Waals surface area contributed by atoms with Gasteiger partial charge in [0, 0.05) is 37.5 Å². The van der Waals surface area contributed by atoms with Crippen LogP contribution in [0.1, 0.15) is 103 Å². The molecule has 0 aromatic heterocycles. The van der Waals surface area contributed by atoms with Gasteiger partial charge in [-0.15, -0.1) is 5.92 Å². The molecule has 6 atom stereocenters. The monoisotopic (exact) mass is 557 g/mol. The number of anilines is 1. The van der Waals surface area contributed by atoms with Crippen LogP contribution in [0.4, 0.5) is 5.69 Å². The molecule has 1 N–H and O–H groups in total. The van der Waals surface area contributed by atoms with Crippen molar-refractivity contribution in [2.45, 2.75) is 109 Å². The molecule has 220 valence electrons. The maximum atomic E-state index is 13.5. The van der Waals surface area contributed by atoms with Crippen molar-refractivity contribution in [3.63, 3.8) is 0 Å². The number of ether oxygens (including phenoxy) is 2. The molecule has 1 aromatic rings. The average Bonchev–Trinajstić information content (AvgIpc) is 3.54. The van der Waals surface area contributed by atoms with Crippen LogP contribution >= 0.6 is 0 Å².